The van der Waals surface area contributed by atoms with E-state index in [0.717, 1.165) is 12.8 Å². The fourth-order valence-electron chi connectivity index (χ4n) is 2.92. The monoisotopic (exact) mass is 270 g/mol. The van der Waals surface area contributed by atoms with Crippen LogP contribution in [0.5, 0.6) is 0 Å². The van der Waals surface area contributed by atoms with Crippen molar-refractivity contribution >= 4 is 8.07 Å². The summed E-state index contributed by atoms with van der Waals surface area (Å²) in [4.78, 5) is 0. The van der Waals surface area contributed by atoms with Gasteiger partial charge in [-0.15, -0.1) is 0 Å². The summed E-state index contributed by atoms with van der Waals surface area (Å²) in [5, 5.41) is 1.67. The van der Waals surface area contributed by atoms with Gasteiger partial charge in [-0.25, -0.2) is 0 Å². The van der Waals surface area contributed by atoms with Gasteiger partial charge in [-0.1, -0.05) is 49.1 Å². The number of hydrogen-bond acceptors (Lipinski definition) is 0. The van der Waals surface area contributed by atoms with E-state index in [2.05, 4.69) is 64.7 Å². The lowest BCUT2D eigenvalue weighted by molar-refractivity contribution is 1.11. The maximum Gasteiger partial charge on any atom is 0.0775 e. The highest BCUT2D eigenvalue weighted by molar-refractivity contribution is 6.84. The molecule has 0 saturated carbocycles. The average Bonchev–Trinajstić information content (AvgIpc) is 2.78. The van der Waals surface area contributed by atoms with E-state index in [4.69, 9.17) is 0 Å². The smallest absolute Gasteiger partial charge is 0.0775 e. The van der Waals surface area contributed by atoms with E-state index in [1.165, 1.54) is 22.3 Å². The lowest BCUT2D eigenvalue weighted by atomic mass is 9.95. The molecule has 0 saturated heterocycles. The third-order valence-electron chi connectivity index (χ3n) is 4.39. The van der Waals surface area contributed by atoms with E-state index < -0.39 is 8.07 Å². The van der Waals surface area contributed by atoms with Crippen LogP contribution in [0.4, 0.5) is 0 Å². The minimum atomic E-state index is -1.19. The van der Waals surface area contributed by atoms with Crippen LogP contribution >= 0.6 is 0 Å². The van der Waals surface area contributed by atoms with Gasteiger partial charge in [-0.05, 0) is 61.4 Å². The van der Waals surface area contributed by atoms with E-state index in [-0.39, 0.29) is 0 Å². The van der Waals surface area contributed by atoms with Gasteiger partial charge in [0.1, 0.15) is 0 Å². The van der Waals surface area contributed by atoms with Gasteiger partial charge in [0.05, 0.1) is 8.07 Å². The first-order valence-corrected chi connectivity index (χ1v) is 10.8. The fourth-order valence-corrected chi connectivity index (χ4v) is 4.81. The number of allylic oxidation sites excluding steroid dienone is 4. The number of benzene rings is 1. The van der Waals surface area contributed by atoms with Gasteiger partial charge >= 0.3 is 0 Å². The molecule has 1 aromatic carbocycles. The molecule has 0 N–H and O–H groups in total. The first kappa shape index (κ1) is 14.3. The molecule has 0 bridgehead atoms. The Morgan fingerprint density at radius 1 is 0.947 bits per heavy atom. The highest BCUT2D eigenvalue weighted by Gasteiger charge is 2.25. The van der Waals surface area contributed by atoms with Crippen LogP contribution in [-0.2, 0) is 6.42 Å². The summed E-state index contributed by atoms with van der Waals surface area (Å²) >= 11 is 0. The Bertz CT molecular complexity index is 554. The van der Waals surface area contributed by atoms with Crippen LogP contribution in [0.3, 0.4) is 0 Å². The van der Waals surface area contributed by atoms with E-state index in [9.17, 15) is 0 Å². The quantitative estimate of drug-likeness (QED) is 0.655. The van der Waals surface area contributed by atoms with Crippen molar-refractivity contribution in [1.29, 1.82) is 0 Å². The van der Waals surface area contributed by atoms with Crippen LogP contribution < -0.4 is 0 Å². The van der Waals surface area contributed by atoms with Crippen molar-refractivity contribution in [2.75, 3.05) is 0 Å². The summed E-state index contributed by atoms with van der Waals surface area (Å²) in [5.74, 6) is 0. The molecule has 2 rings (SSSR count). The average molecular weight is 270 g/mol. The normalized spacial score (nSPS) is 15.5. The molecule has 0 nitrogen and oxygen atoms in total. The van der Waals surface area contributed by atoms with Crippen molar-refractivity contribution in [3.8, 4) is 0 Å². The molecule has 0 aromatic heterocycles. The third kappa shape index (κ3) is 2.92. The molecule has 1 heteroatoms. The Balaban J connectivity index is 2.29. The van der Waals surface area contributed by atoms with Gasteiger partial charge in [-0.3, -0.25) is 0 Å². The summed E-state index contributed by atoms with van der Waals surface area (Å²) in [6.07, 6.45) is 7.14. The molecule has 1 aliphatic carbocycles. The van der Waals surface area contributed by atoms with Crippen LogP contribution in [0.1, 0.15) is 28.7 Å². The molecule has 0 amide bonds. The van der Waals surface area contributed by atoms with Crippen molar-refractivity contribution in [2.24, 2.45) is 0 Å². The van der Waals surface area contributed by atoms with Crippen molar-refractivity contribution in [1.82, 2.24) is 0 Å². The molecule has 1 aromatic rings. The molecule has 102 valence electrons. The second-order valence-electron chi connectivity index (χ2n) is 6.80. The van der Waals surface area contributed by atoms with Crippen molar-refractivity contribution in [3.05, 3.63) is 57.3 Å². The zero-order chi connectivity index (χ0) is 14.2. The maximum absolute atomic E-state index is 2.46. The van der Waals surface area contributed by atoms with Gasteiger partial charge in [0.2, 0.25) is 0 Å². The summed E-state index contributed by atoms with van der Waals surface area (Å²) in [5.41, 5.74) is 7.42. The third-order valence-corrected chi connectivity index (χ3v) is 6.53. The molecular weight excluding hydrogens is 244 g/mol. The van der Waals surface area contributed by atoms with Gasteiger partial charge in [0.25, 0.3) is 0 Å². The Morgan fingerprint density at radius 3 is 2.26 bits per heavy atom. The van der Waals surface area contributed by atoms with Gasteiger partial charge in [-0.2, -0.15) is 0 Å². The van der Waals surface area contributed by atoms with Crippen LogP contribution in [-0.4, -0.2) is 8.07 Å². The predicted molar refractivity (Wildman–Crippen MR) is 88.5 cm³/mol. The summed E-state index contributed by atoms with van der Waals surface area (Å²) < 4.78 is 0. The Kier molecular flexibility index (Phi) is 3.87. The van der Waals surface area contributed by atoms with Crippen molar-refractivity contribution in [2.45, 2.75) is 53.3 Å². The van der Waals surface area contributed by atoms with Gasteiger partial charge in [0.15, 0.2) is 0 Å². The Morgan fingerprint density at radius 2 is 1.63 bits per heavy atom. The largest absolute Gasteiger partial charge is 0.0812 e. The zero-order valence-corrected chi connectivity index (χ0v) is 14.2. The summed E-state index contributed by atoms with van der Waals surface area (Å²) in [6.45, 7) is 14.1. The maximum atomic E-state index is 2.46. The molecule has 0 fully saturated rings. The minimum Gasteiger partial charge on any atom is -0.0812 e. The van der Waals surface area contributed by atoms with Gasteiger partial charge in [0, 0.05) is 0 Å². The fraction of sp³-hybridized carbons (Fsp3) is 0.444. The molecule has 0 unspecified atom stereocenters. The molecule has 0 radical (unpaired) electrons. The standard InChI is InChI=1S/C18H26Si/c1-13-10-11-16(15(3)14(13)2)12-17-8-7-9-18(17)19(4,5)6/h8-11H,7,12H2,1-6H3. The molecule has 0 spiro atoms. The van der Waals surface area contributed by atoms with Crippen LogP contribution in [0.25, 0.3) is 0 Å². The van der Waals surface area contributed by atoms with Gasteiger partial charge < -0.3 is 0 Å². The molecule has 0 aliphatic heterocycles. The van der Waals surface area contributed by atoms with E-state index in [1.54, 1.807) is 10.8 Å². The van der Waals surface area contributed by atoms with E-state index in [1.807, 2.05) is 0 Å². The number of hydrogen-bond donors (Lipinski definition) is 0. The first-order chi connectivity index (χ1) is 8.80. The molecule has 0 heterocycles. The van der Waals surface area contributed by atoms with Crippen molar-refractivity contribution < 1.29 is 0 Å². The first-order valence-electron chi connectivity index (χ1n) is 7.26. The highest BCUT2D eigenvalue weighted by Crippen LogP contribution is 2.32. The Hall–Kier alpha value is -1.08. The zero-order valence-electron chi connectivity index (χ0n) is 13.2. The SMILES string of the molecule is Cc1ccc(CC2=CCC=C2[Si](C)(C)C)c(C)c1C. The van der Waals surface area contributed by atoms with E-state index >= 15 is 0 Å². The highest BCUT2D eigenvalue weighted by atomic mass is 28.3. The lowest BCUT2D eigenvalue weighted by Gasteiger charge is -2.22. The van der Waals surface area contributed by atoms with Crippen LogP contribution in [0.15, 0.2) is 35.1 Å². The summed E-state index contributed by atoms with van der Waals surface area (Å²) in [7, 11) is -1.19. The predicted octanol–water partition coefficient (Wildman–Crippen LogP) is 5.29. The molecule has 0 atom stereocenters. The number of aryl methyl sites for hydroxylation is 1. The molecule has 1 aliphatic rings. The van der Waals surface area contributed by atoms with E-state index in [0.29, 0.717) is 0 Å². The topological polar surface area (TPSA) is 0 Å². The second kappa shape index (κ2) is 5.13. The Labute approximate surface area is 119 Å². The second-order valence-corrected chi connectivity index (χ2v) is 11.8. The molecule has 19 heavy (non-hydrogen) atoms. The minimum absolute atomic E-state index is 1.11. The van der Waals surface area contributed by atoms with Crippen molar-refractivity contribution in [3.63, 3.8) is 0 Å². The summed E-state index contributed by atoms with van der Waals surface area (Å²) in [6, 6.07) is 4.59. The van der Waals surface area contributed by atoms with Crippen LogP contribution in [0.2, 0.25) is 19.6 Å². The molecular formula is C18H26Si. The number of rotatable bonds is 3. The lowest BCUT2D eigenvalue weighted by Crippen LogP contribution is -2.25. The van der Waals surface area contributed by atoms with Crippen LogP contribution in [0, 0.1) is 20.8 Å².